The predicted octanol–water partition coefficient (Wildman–Crippen LogP) is 1.94. The fourth-order valence-electron chi connectivity index (χ4n) is 2.27. The molecule has 0 aromatic heterocycles. The number of carbonyl (C=O) groups is 2. The Morgan fingerprint density at radius 2 is 1.70 bits per heavy atom. The number of hydrogen-bond acceptors (Lipinski definition) is 6. The van der Waals surface area contributed by atoms with Crippen LogP contribution in [0.25, 0.3) is 6.08 Å². The Labute approximate surface area is 134 Å². The summed E-state index contributed by atoms with van der Waals surface area (Å²) in [5.41, 5.74) is 1.33. The van der Waals surface area contributed by atoms with Gasteiger partial charge >= 0.3 is 11.9 Å². The molecule has 0 N–H and O–H groups in total. The summed E-state index contributed by atoms with van der Waals surface area (Å²) in [6.07, 6.45) is 1.70. The van der Waals surface area contributed by atoms with Gasteiger partial charge < -0.3 is 9.47 Å². The average Bonchev–Trinajstić information content (AvgIpc) is 2.54. The largest absolute Gasteiger partial charge is 0.468 e. The van der Waals surface area contributed by atoms with Crippen LogP contribution in [0.5, 0.6) is 0 Å². The van der Waals surface area contributed by atoms with Crippen molar-refractivity contribution >= 4 is 18.0 Å². The van der Waals surface area contributed by atoms with Crippen LogP contribution in [0.4, 0.5) is 0 Å². The third-order valence-electron chi connectivity index (χ3n) is 3.44. The highest BCUT2D eigenvalue weighted by molar-refractivity contribution is 5.95. The fraction of sp³-hybridized carbons (Fsp3) is 0.375. The number of benzene rings is 1. The number of nitro groups is 1. The van der Waals surface area contributed by atoms with Gasteiger partial charge in [-0.05, 0) is 12.5 Å². The second-order valence-corrected chi connectivity index (χ2v) is 4.94. The lowest BCUT2D eigenvalue weighted by atomic mass is 9.85. The Morgan fingerprint density at radius 1 is 1.17 bits per heavy atom. The first-order valence-corrected chi connectivity index (χ1v) is 6.91. The number of rotatable bonds is 7. The average molecular weight is 321 g/mol. The Morgan fingerprint density at radius 3 is 2.13 bits per heavy atom. The van der Waals surface area contributed by atoms with Gasteiger partial charge in [0.2, 0.25) is 6.54 Å². The van der Waals surface area contributed by atoms with Crippen molar-refractivity contribution in [1.29, 1.82) is 0 Å². The van der Waals surface area contributed by atoms with Crippen molar-refractivity contribution in [1.82, 2.24) is 0 Å². The maximum atomic E-state index is 11.9. The van der Waals surface area contributed by atoms with Crippen molar-refractivity contribution < 1.29 is 24.0 Å². The van der Waals surface area contributed by atoms with E-state index in [1.54, 1.807) is 13.0 Å². The van der Waals surface area contributed by atoms with Gasteiger partial charge in [-0.1, -0.05) is 42.0 Å². The number of ether oxygens (including phenoxy) is 2. The first kappa shape index (κ1) is 18.3. The highest BCUT2D eigenvalue weighted by Gasteiger charge is 2.40. The smallest absolute Gasteiger partial charge is 0.320 e. The Bertz CT molecular complexity index is 580. The minimum absolute atomic E-state index is 0.522. The summed E-state index contributed by atoms with van der Waals surface area (Å²) >= 11 is 0. The van der Waals surface area contributed by atoms with E-state index in [0.717, 1.165) is 19.8 Å². The van der Waals surface area contributed by atoms with Gasteiger partial charge in [-0.3, -0.25) is 19.7 Å². The number of hydrogen-bond donors (Lipinski definition) is 0. The minimum atomic E-state index is -1.38. The van der Waals surface area contributed by atoms with Crippen molar-refractivity contribution in [3.8, 4) is 0 Å². The zero-order chi connectivity index (χ0) is 17.4. The van der Waals surface area contributed by atoms with E-state index in [2.05, 4.69) is 9.47 Å². The van der Waals surface area contributed by atoms with Gasteiger partial charge in [0, 0.05) is 4.92 Å². The molecule has 0 amide bonds. The molecular formula is C16H19NO6. The third kappa shape index (κ3) is 5.21. The molecule has 0 aliphatic rings. The van der Waals surface area contributed by atoms with Crippen molar-refractivity contribution in [2.45, 2.75) is 6.92 Å². The number of esters is 2. The highest BCUT2D eigenvalue weighted by Crippen LogP contribution is 2.25. The second kappa shape index (κ2) is 8.67. The van der Waals surface area contributed by atoms with Crippen LogP contribution < -0.4 is 0 Å². The molecule has 0 saturated heterocycles. The van der Waals surface area contributed by atoms with Gasteiger partial charge in [0.25, 0.3) is 0 Å². The van der Waals surface area contributed by atoms with Crippen molar-refractivity contribution in [2.24, 2.45) is 11.8 Å². The van der Waals surface area contributed by atoms with Crippen LogP contribution in [0.1, 0.15) is 12.5 Å². The summed E-state index contributed by atoms with van der Waals surface area (Å²) in [7, 11) is 2.25. The minimum Gasteiger partial charge on any atom is -0.468 e. The van der Waals surface area contributed by atoms with Crippen molar-refractivity contribution in [3.05, 3.63) is 51.6 Å². The molecule has 7 heteroatoms. The molecule has 1 rings (SSSR count). The lowest BCUT2D eigenvalue weighted by Gasteiger charge is -2.21. The molecule has 0 aliphatic carbocycles. The van der Waals surface area contributed by atoms with Crippen LogP contribution in [-0.4, -0.2) is 37.6 Å². The van der Waals surface area contributed by atoms with Crippen LogP contribution in [0.15, 0.2) is 35.9 Å². The van der Waals surface area contributed by atoms with Crippen LogP contribution in [0.2, 0.25) is 0 Å². The molecule has 0 saturated carbocycles. The highest BCUT2D eigenvalue weighted by atomic mass is 16.6. The molecule has 0 heterocycles. The first-order chi connectivity index (χ1) is 10.9. The molecule has 124 valence electrons. The SMILES string of the molecule is COC(=O)C(C(=O)OC)[C@@H](C[N+](=O)[O-])/C(C)=C/c1ccccc1. The molecule has 1 aromatic rings. The van der Waals surface area contributed by atoms with E-state index in [4.69, 9.17) is 0 Å². The van der Waals surface area contributed by atoms with Gasteiger partial charge in [0.1, 0.15) is 0 Å². The maximum absolute atomic E-state index is 11.9. The summed E-state index contributed by atoms with van der Waals surface area (Å²) in [4.78, 5) is 34.2. The Kier molecular flexibility index (Phi) is 6.92. The molecule has 0 radical (unpaired) electrons. The van der Waals surface area contributed by atoms with Gasteiger partial charge in [0.15, 0.2) is 5.92 Å². The molecule has 7 nitrogen and oxygen atoms in total. The van der Waals surface area contributed by atoms with E-state index >= 15 is 0 Å². The standard InChI is InChI=1S/C16H19NO6/c1-11(9-12-7-5-4-6-8-12)13(10-17(20)21)14(15(18)22-2)16(19)23-3/h4-9,13-14H,10H2,1-3H3/b11-9+/t13-/m0/s1. The molecule has 23 heavy (non-hydrogen) atoms. The molecule has 1 atom stereocenters. The van der Waals surface area contributed by atoms with Crippen LogP contribution in [0, 0.1) is 22.0 Å². The maximum Gasteiger partial charge on any atom is 0.320 e. The normalized spacial score (nSPS) is 12.6. The van der Waals surface area contributed by atoms with E-state index in [1.165, 1.54) is 0 Å². The van der Waals surface area contributed by atoms with E-state index in [9.17, 15) is 19.7 Å². The Balaban J connectivity index is 3.24. The Hall–Kier alpha value is -2.70. The zero-order valence-electron chi connectivity index (χ0n) is 13.2. The summed E-state index contributed by atoms with van der Waals surface area (Å²) in [6, 6.07) is 9.11. The van der Waals surface area contributed by atoms with E-state index in [1.807, 2.05) is 30.3 Å². The number of carbonyl (C=O) groups excluding carboxylic acids is 2. The molecule has 1 aromatic carbocycles. The van der Waals surface area contributed by atoms with Gasteiger partial charge in [-0.2, -0.15) is 0 Å². The second-order valence-electron chi connectivity index (χ2n) is 4.94. The predicted molar refractivity (Wildman–Crippen MR) is 83.0 cm³/mol. The molecule has 0 aliphatic heterocycles. The van der Waals surface area contributed by atoms with E-state index < -0.39 is 35.2 Å². The van der Waals surface area contributed by atoms with Crippen molar-refractivity contribution in [3.63, 3.8) is 0 Å². The number of methoxy groups -OCH3 is 2. The topological polar surface area (TPSA) is 95.7 Å². The van der Waals surface area contributed by atoms with Crippen LogP contribution >= 0.6 is 0 Å². The quantitative estimate of drug-likeness (QED) is 0.329. The van der Waals surface area contributed by atoms with Gasteiger partial charge in [-0.15, -0.1) is 0 Å². The molecule has 0 spiro atoms. The van der Waals surface area contributed by atoms with Crippen LogP contribution in [-0.2, 0) is 19.1 Å². The fourth-order valence-corrected chi connectivity index (χ4v) is 2.27. The first-order valence-electron chi connectivity index (χ1n) is 6.91. The van der Waals surface area contributed by atoms with Crippen LogP contribution in [0.3, 0.4) is 0 Å². The molecule has 0 unspecified atom stereocenters. The molecular weight excluding hydrogens is 302 g/mol. The molecule has 0 bridgehead atoms. The zero-order valence-corrected chi connectivity index (χ0v) is 13.2. The number of nitrogens with zero attached hydrogens (tertiary/aromatic N) is 1. The summed E-state index contributed by atoms with van der Waals surface area (Å²) in [6.45, 7) is 1.06. The monoisotopic (exact) mass is 321 g/mol. The summed E-state index contributed by atoms with van der Waals surface area (Å²) in [5.74, 6) is -4.05. The van der Waals surface area contributed by atoms with E-state index in [-0.39, 0.29) is 0 Å². The van der Waals surface area contributed by atoms with Gasteiger partial charge in [0.05, 0.1) is 20.1 Å². The summed E-state index contributed by atoms with van der Waals surface area (Å²) < 4.78 is 9.22. The summed E-state index contributed by atoms with van der Waals surface area (Å²) in [5, 5.41) is 11.0. The third-order valence-corrected chi connectivity index (χ3v) is 3.44. The van der Waals surface area contributed by atoms with Crippen molar-refractivity contribution in [2.75, 3.05) is 20.8 Å². The lowest BCUT2D eigenvalue weighted by Crippen LogP contribution is -2.37. The van der Waals surface area contributed by atoms with Gasteiger partial charge in [-0.25, -0.2) is 0 Å². The van der Waals surface area contributed by atoms with E-state index in [0.29, 0.717) is 5.57 Å². The lowest BCUT2D eigenvalue weighted by molar-refractivity contribution is -0.487. The molecule has 0 fully saturated rings.